The van der Waals surface area contributed by atoms with E-state index in [1.54, 1.807) is 19.2 Å². The average molecular weight is 366 g/mol. The normalized spacial score (nSPS) is 10.3. The lowest BCUT2D eigenvalue weighted by molar-refractivity contribution is 0.102. The van der Waals surface area contributed by atoms with Crippen molar-refractivity contribution in [3.05, 3.63) is 78.0 Å². The first-order valence-corrected chi connectivity index (χ1v) is 8.40. The Morgan fingerprint density at radius 2 is 1.85 bits per heavy atom. The van der Waals surface area contributed by atoms with E-state index in [-0.39, 0.29) is 11.4 Å². The molecule has 0 saturated heterocycles. The van der Waals surface area contributed by atoms with Crippen LogP contribution in [-0.4, -0.2) is 29.5 Å². The minimum absolute atomic E-state index is 0.103. The fourth-order valence-electron chi connectivity index (χ4n) is 2.41. The number of rotatable bonds is 7. The summed E-state index contributed by atoms with van der Waals surface area (Å²) in [5.74, 6) is 0.362. The van der Waals surface area contributed by atoms with Crippen LogP contribution in [0.25, 0.3) is 0 Å². The average Bonchev–Trinajstić information content (AvgIpc) is 2.71. The molecule has 2 N–H and O–H groups in total. The molecule has 6 nitrogen and oxygen atoms in total. The Bertz CT molecular complexity index is 899. The van der Waals surface area contributed by atoms with Gasteiger partial charge < -0.3 is 15.4 Å². The molecule has 3 rings (SSSR count). The first-order valence-electron chi connectivity index (χ1n) is 8.40. The van der Waals surface area contributed by atoms with Crippen molar-refractivity contribution in [2.45, 2.75) is 6.42 Å². The van der Waals surface area contributed by atoms with Gasteiger partial charge in [0.05, 0.1) is 25.2 Å². The third kappa shape index (κ3) is 5.01. The third-order valence-corrected chi connectivity index (χ3v) is 3.89. The van der Waals surface area contributed by atoms with E-state index < -0.39 is 11.7 Å². The molecular formula is C20H19FN4O2. The Hall–Kier alpha value is -3.48. The molecule has 1 heterocycles. The van der Waals surface area contributed by atoms with E-state index in [0.29, 0.717) is 12.4 Å². The molecule has 0 aliphatic heterocycles. The van der Waals surface area contributed by atoms with Crippen molar-refractivity contribution in [1.82, 2.24) is 9.97 Å². The molecule has 0 radical (unpaired) electrons. The Morgan fingerprint density at radius 1 is 1.07 bits per heavy atom. The number of anilines is 2. The highest BCUT2D eigenvalue weighted by Crippen LogP contribution is 2.14. The lowest BCUT2D eigenvalue weighted by Gasteiger charge is -2.08. The molecule has 0 fully saturated rings. The number of carbonyl (C=O) groups excluding carboxylic acids is 1. The number of hydrogen-bond acceptors (Lipinski definition) is 5. The first-order chi connectivity index (χ1) is 13.2. The molecule has 0 saturated carbocycles. The van der Waals surface area contributed by atoms with Crippen molar-refractivity contribution < 1.29 is 13.9 Å². The fraction of sp³-hybridized carbons (Fsp3) is 0.150. The molecule has 0 aliphatic rings. The summed E-state index contributed by atoms with van der Waals surface area (Å²) >= 11 is 0. The van der Waals surface area contributed by atoms with Crippen LogP contribution < -0.4 is 15.4 Å². The highest BCUT2D eigenvalue weighted by atomic mass is 19.1. The molecule has 0 atom stereocenters. The number of halogens is 1. The number of methoxy groups -OCH3 is 1. The van der Waals surface area contributed by atoms with Gasteiger partial charge in [0, 0.05) is 6.54 Å². The standard InChI is InChI=1S/C20H19FN4O2/c1-27-15-8-6-14(7-9-15)10-11-22-19-13-23-18(12-24-19)20(26)25-17-5-3-2-4-16(17)21/h2-9,12-13H,10-11H2,1H3,(H,22,24)(H,25,26). The molecule has 7 heteroatoms. The highest BCUT2D eigenvalue weighted by Gasteiger charge is 2.10. The fourth-order valence-corrected chi connectivity index (χ4v) is 2.41. The molecule has 3 aromatic rings. The maximum atomic E-state index is 13.6. The van der Waals surface area contributed by atoms with Gasteiger partial charge in [-0.05, 0) is 36.2 Å². The van der Waals surface area contributed by atoms with Crippen LogP contribution in [0, 0.1) is 5.82 Å². The summed E-state index contributed by atoms with van der Waals surface area (Å²) in [6.45, 7) is 0.668. The first kappa shape index (κ1) is 18.3. The van der Waals surface area contributed by atoms with Crippen LogP contribution in [0.3, 0.4) is 0 Å². The second-order valence-electron chi connectivity index (χ2n) is 5.75. The lowest BCUT2D eigenvalue weighted by atomic mass is 10.1. The molecular weight excluding hydrogens is 347 g/mol. The zero-order valence-corrected chi connectivity index (χ0v) is 14.8. The Morgan fingerprint density at radius 3 is 2.52 bits per heavy atom. The summed E-state index contributed by atoms with van der Waals surface area (Å²) in [4.78, 5) is 20.4. The predicted molar refractivity (Wildman–Crippen MR) is 102 cm³/mol. The summed E-state index contributed by atoms with van der Waals surface area (Å²) in [6.07, 6.45) is 3.64. The van der Waals surface area contributed by atoms with Gasteiger partial charge in [-0.2, -0.15) is 0 Å². The highest BCUT2D eigenvalue weighted by molar-refractivity contribution is 6.02. The van der Waals surface area contributed by atoms with Crippen LogP contribution in [0.15, 0.2) is 60.9 Å². The molecule has 138 valence electrons. The number of nitrogens with one attached hydrogen (secondary N) is 2. The Balaban J connectivity index is 1.52. The van der Waals surface area contributed by atoms with Gasteiger partial charge in [0.2, 0.25) is 0 Å². The number of hydrogen-bond donors (Lipinski definition) is 2. The minimum atomic E-state index is -0.516. The van der Waals surface area contributed by atoms with Crippen molar-refractivity contribution >= 4 is 17.4 Å². The molecule has 2 aromatic carbocycles. The van der Waals surface area contributed by atoms with Gasteiger partial charge in [0.15, 0.2) is 0 Å². The second-order valence-corrected chi connectivity index (χ2v) is 5.75. The van der Waals surface area contributed by atoms with E-state index in [9.17, 15) is 9.18 Å². The quantitative estimate of drug-likeness (QED) is 0.669. The number of carbonyl (C=O) groups is 1. The third-order valence-electron chi connectivity index (χ3n) is 3.89. The van der Waals surface area contributed by atoms with Crippen molar-refractivity contribution in [1.29, 1.82) is 0 Å². The minimum Gasteiger partial charge on any atom is -0.497 e. The van der Waals surface area contributed by atoms with E-state index in [2.05, 4.69) is 20.6 Å². The summed E-state index contributed by atoms with van der Waals surface area (Å²) < 4.78 is 18.7. The van der Waals surface area contributed by atoms with Crippen LogP contribution in [0.5, 0.6) is 5.75 Å². The molecule has 0 spiro atoms. The second kappa shape index (κ2) is 8.75. The van der Waals surface area contributed by atoms with Crippen LogP contribution in [0.1, 0.15) is 16.1 Å². The Kier molecular flexibility index (Phi) is 5.94. The monoisotopic (exact) mass is 366 g/mol. The van der Waals surface area contributed by atoms with E-state index in [4.69, 9.17) is 4.74 Å². The molecule has 0 bridgehead atoms. The van der Waals surface area contributed by atoms with E-state index >= 15 is 0 Å². The number of ether oxygens (including phenoxy) is 1. The van der Waals surface area contributed by atoms with Crippen LogP contribution >= 0.6 is 0 Å². The summed E-state index contributed by atoms with van der Waals surface area (Å²) in [5, 5.41) is 5.62. The molecule has 1 aromatic heterocycles. The van der Waals surface area contributed by atoms with Gasteiger partial charge in [-0.25, -0.2) is 14.4 Å². The van der Waals surface area contributed by atoms with Gasteiger partial charge in [-0.1, -0.05) is 24.3 Å². The van der Waals surface area contributed by atoms with Crippen molar-refractivity contribution in [2.24, 2.45) is 0 Å². The van der Waals surface area contributed by atoms with Gasteiger partial charge in [0.1, 0.15) is 23.1 Å². The summed E-state index contributed by atoms with van der Waals surface area (Å²) in [5.41, 5.74) is 1.38. The van der Waals surface area contributed by atoms with Crippen LogP contribution in [-0.2, 0) is 6.42 Å². The van der Waals surface area contributed by atoms with E-state index in [1.807, 2.05) is 24.3 Å². The largest absolute Gasteiger partial charge is 0.497 e. The zero-order valence-electron chi connectivity index (χ0n) is 14.8. The van der Waals surface area contributed by atoms with Gasteiger partial charge >= 0.3 is 0 Å². The lowest BCUT2D eigenvalue weighted by Crippen LogP contribution is -2.15. The van der Waals surface area contributed by atoms with Crippen molar-refractivity contribution in [3.8, 4) is 5.75 Å². The number of nitrogens with zero attached hydrogens (tertiary/aromatic N) is 2. The maximum absolute atomic E-state index is 13.6. The van der Waals surface area contributed by atoms with Crippen LogP contribution in [0.4, 0.5) is 15.9 Å². The van der Waals surface area contributed by atoms with E-state index in [0.717, 1.165) is 17.7 Å². The van der Waals surface area contributed by atoms with Crippen molar-refractivity contribution in [3.63, 3.8) is 0 Å². The van der Waals surface area contributed by atoms with Gasteiger partial charge in [-0.3, -0.25) is 4.79 Å². The predicted octanol–water partition coefficient (Wildman–Crippen LogP) is 3.53. The zero-order chi connectivity index (χ0) is 19.1. The van der Waals surface area contributed by atoms with Crippen LogP contribution in [0.2, 0.25) is 0 Å². The van der Waals surface area contributed by atoms with Gasteiger partial charge in [-0.15, -0.1) is 0 Å². The smallest absolute Gasteiger partial charge is 0.275 e. The topological polar surface area (TPSA) is 76.1 Å². The molecule has 0 aliphatic carbocycles. The number of amides is 1. The number of para-hydroxylation sites is 1. The molecule has 1 amide bonds. The summed E-state index contributed by atoms with van der Waals surface area (Å²) in [7, 11) is 1.63. The molecule has 27 heavy (non-hydrogen) atoms. The van der Waals surface area contributed by atoms with Crippen molar-refractivity contribution in [2.75, 3.05) is 24.3 Å². The maximum Gasteiger partial charge on any atom is 0.275 e. The SMILES string of the molecule is COc1ccc(CCNc2cnc(C(=O)Nc3ccccc3F)cn2)cc1. The summed E-state index contributed by atoms with van der Waals surface area (Å²) in [6, 6.07) is 13.8. The van der Waals surface area contributed by atoms with E-state index in [1.165, 1.54) is 24.5 Å². The number of benzene rings is 2. The van der Waals surface area contributed by atoms with Gasteiger partial charge in [0.25, 0.3) is 5.91 Å². The number of aromatic nitrogens is 2. The Labute approximate surface area is 156 Å². The molecule has 0 unspecified atom stereocenters.